The molecule has 4 atom stereocenters. The fourth-order valence-corrected chi connectivity index (χ4v) is 3.50. The van der Waals surface area contributed by atoms with Crippen molar-refractivity contribution >= 4 is 45.3 Å². The second-order valence-electron chi connectivity index (χ2n) is 4.95. The molecule has 0 saturated carbocycles. The van der Waals surface area contributed by atoms with Gasteiger partial charge >= 0.3 is 11.9 Å². The molecule has 0 aliphatic heterocycles. The van der Waals surface area contributed by atoms with Crippen LogP contribution in [0.1, 0.15) is 13.8 Å². The number of rotatable bonds is 11. The van der Waals surface area contributed by atoms with Gasteiger partial charge in [-0.25, -0.2) is 9.59 Å². The Morgan fingerprint density at radius 3 is 1.33 bits per heavy atom. The number of nitrogens with one attached hydrogen (secondary N) is 2. The van der Waals surface area contributed by atoms with Crippen LogP contribution in [0, 0.1) is 0 Å². The highest BCUT2D eigenvalue weighted by molar-refractivity contribution is 8.76. The molecule has 0 rings (SSSR count). The van der Waals surface area contributed by atoms with Crippen molar-refractivity contribution in [1.29, 1.82) is 0 Å². The van der Waals surface area contributed by atoms with Crippen LogP contribution in [-0.4, -0.2) is 69.6 Å². The van der Waals surface area contributed by atoms with Gasteiger partial charge in [0.15, 0.2) is 0 Å². The van der Waals surface area contributed by atoms with Gasteiger partial charge in [-0.2, -0.15) is 0 Å². The first-order valence-electron chi connectivity index (χ1n) is 6.88. The van der Waals surface area contributed by atoms with Crippen molar-refractivity contribution in [2.75, 3.05) is 11.5 Å². The van der Waals surface area contributed by atoms with E-state index in [4.69, 9.17) is 21.7 Å². The predicted molar refractivity (Wildman–Crippen MR) is 91.3 cm³/mol. The Labute approximate surface area is 146 Å². The zero-order valence-corrected chi connectivity index (χ0v) is 14.9. The van der Waals surface area contributed by atoms with E-state index in [2.05, 4.69) is 10.6 Å². The number of carbonyl (C=O) groups excluding carboxylic acids is 2. The molecule has 0 spiro atoms. The molecule has 8 N–H and O–H groups in total. The summed E-state index contributed by atoms with van der Waals surface area (Å²) < 4.78 is 0. The van der Waals surface area contributed by atoms with E-state index in [-0.39, 0.29) is 11.5 Å². The molecule has 0 aliphatic carbocycles. The molecule has 0 heterocycles. The van der Waals surface area contributed by atoms with E-state index in [1.807, 2.05) is 0 Å². The Bertz CT molecular complexity index is 432. The summed E-state index contributed by atoms with van der Waals surface area (Å²) in [6.45, 7) is 2.85. The van der Waals surface area contributed by atoms with Crippen LogP contribution in [0.15, 0.2) is 0 Å². The molecule has 0 radical (unpaired) electrons. The Kier molecular flexibility index (Phi) is 10.4. The van der Waals surface area contributed by atoms with E-state index in [0.29, 0.717) is 0 Å². The second kappa shape index (κ2) is 11.1. The van der Waals surface area contributed by atoms with Gasteiger partial charge in [-0.1, -0.05) is 21.6 Å². The molecule has 138 valence electrons. The van der Waals surface area contributed by atoms with E-state index >= 15 is 0 Å². The van der Waals surface area contributed by atoms with Gasteiger partial charge in [0.1, 0.15) is 12.1 Å². The van der Waals surface area contributed by atoms with Crippen molar-refractivity contribution in [2.24, 2.45) is 11.5 Å². The molecule has 0 bridgehead atoms. The minimum absolute atomic E-state index is 0.00599. The maximum absolute atomic E-state index is 11.4. The lowest BCUT2D eigenvalue weighted by molar-refractivity contribution is -0.141. The molecule has 0 aliphatic rings. The van der Waals surface area contributed by atoms with Gasteiger partial charge in [-0.3, -0.25) is 9.59 Å². The summed E-state index contributed by atoms with van der Waals surface area (Å²) in [5, 5.41) is 22.6. The van der Waals surface area contributed by atoms with Crippen LogP contribution in [0.2, 0.25) is 0 Å². The maximum Gasteiger partial charge on any atom is 0.327 e. The third kappa shape index (κ3) is 8.96. The normalized spacial score (nSPS) is 15.7. The molecule has 2 amide bonds. The Balaban J connectivity index is 4.39. The summed E-state index contributed by atoms with van der Waals surface area (Å²) >= 11 is 0. The Morgan fingerprint density at radius 2 is 1.12 bits per heavy atom. The molecule has 10 nitrogen and oxygen atoms in total. The summed E-state index contributed by atoms with van der Waals surface area (Å²) in [6, 6.07) is -3.98. The fourth-order valence-electron chi connectivity index (χ4n) is 1.19. The number of amides is 2. The van der Waals surface area contributed by atoms with Gasteiger partial charge in [-0.15, -0.1) is 0 Å². The van der Waals surface area contributed by atoms with Crippen LogP contribution in [-0.2, 0) is 19.2 Å². The van der Waals surface area contributed by atoms with Crippen molar-refractivity contribution in [2.45, 2.75) is 38.0 Å². The van der Waals surface area contributed by atoms with E-state index in [1.54, 1.807) is 0 Å². The molecule has 0 aromatic heterocycles. The summed E-state index contributed by atoms with van der Waals surface area (Å²) in [7, 11) is 2.12. The molecule has 0 saturated heterocycles. The molecule has 1 unspecified atom stereocenters. The number of aliphatic carboxylic acids is 2. The molecular weight excluding hydrogens is 360 g/mol. The first-order chi connectivity index (χ1) is 11.1. The number of carbonyl (C=O) groups is 4. The van der Waals surface area contributed by atoms with E-state index in [9.17, 15) is 19.2 Å². The van der Waals surface area contributed by atoms with E-state index in [0.717, 1.165) is 21.6 Å². The third-order valence-electron chi connectivity index (χ3n) is 2.61. The first kappa shape index (κ1) is 22.5. The Morgan fingerprint density at radius 1 is 0.833 bits per heavy atom. The van der Waals surface area contributed by atoms with Gasteiger partial charge in [0.25, 0.3) is 0 Å². The zero-order chi connectivity index (χ0) is 18.9. The van der Waals surface area contributed by atoms with Gasteiger partial charge in [0, 0.05) is 11.5 Å². The molecule has 0 fully saturated rings. The highest BCUT2D eigenvalue weighted by Gasteiger charge is 2.24. The number of hydrogen-bond donors (Lipinski definition) is 6. The lowest BCUT2D eigenvalue weighted by Gasteiger charge is -2.17. The van der Waals surface area contributed by atoms with Gasteiger partial charge in [0.2, 0.25) is 11.8 Å². The number of carboxylic acids is 2. The third-order valence-corrected chi connectivity index (χ3v) is 5.03. The Hall–Kier alpha value is -1.50. The van der Waals surface area contributed by atoms with Gasteiger partial charge in [-0.05, 0) is 13.8 Å². The summed E-state index contributed by atoms with van der Waals surface area (Å²) in [5.74, 6) is -3.63. The molecule has 0 aromatic rings. The topological polar surface area (TPSA) is 185 Å². The number of hydrogen-bond acceptors (Lipinski definition) is 8. The lowest BCUT2D eigenvalue weighted by Crippen LogP contribution is -2.49. The van der Waals surface area contributed by atoms with Gasteiger partial charge in [0.05, 0.1) is 12.1 Å². The average molecular weight is 382 g/mol. The monoisotopic (exact) mass is 382 g/mol. The largest absolute Gasteiger partial charge is 0.480 e. The van der Waals surface area contributed by atoms with Crippen LogP contribution < -0.4 is 22.1 Å². The summed E-state index contributed by atoms with van der Waals surface area (Å²) in [4.78, 5) is 45.0. The number of carboxylic acid groups (broad SMARTS) is 2. The average Bonchev–Trinajstić information content (AvgIpc) is 2.47. The standard InChI is InChI=1S/C12H22N4O6S2/c1-5(13)9(17)15-7(11(19)20)3-23-24-4-8(12(21)22)16-10(18)6(2)14/h5-8H,3-4,13-14H2,1-2H3,(H,15,17)(H,16,18)(H,19,20)(H,21,22)/t5-,6-,7-,8?/m0/s1. The molecule has 24 heavy (non-hydrogen) atoms. The SMILES string of the molecule is C[C@H](N)C(=O)NC(CSSC[C@H](NC(=O)[C@H](C)N)C(=O)O)C(=O)O. The van der Waals surface area contributed by atoms with Crippen molar-refractivity contribution in [3.05, 3.63) is 0 Å². The van der Waals surface area contributed by atoms with E-state index in [1.165, 1.54) is 13.8 Å². The van der Waals surface area contributed by atoms with Crippen LogP contribution in [0.25, 0.3) is 0 Å². The fraction of sp³-hybridized carbons (Fsp3) is 0.667. The predicted octanol–water partition coefficient (Wildman–Crippen LogP) is -1.80. The van der Waals surface area contributed by atoms with Crippen LogP contribution in [0.3, 0.4) is 0 Å². The van der Waals surface area contributed by atoms with Gasteiger partial charge < -0.3 is 32.3 Å². The summed E-state index contributed by atoms with van der Waals surface area (Å²) in [6.07, 6.45) is 0. The molecule has 12 heteroatoms. The minimum Gasteiger partial charge on any atom is -0.480 e. The van der Waals surface area contributed by atoms with Crippen molar-refractivity contribution in [3.8, 4) is 0 Å². The van der Waals surface area contributed by atoms with Crippen molar-refractivity contribution in [1.82, 2.24) is 10.6 Å². The van der Waals surface area contributed by atoms with Crippen LogP contribution in [0.5, 0.6) is 0 Å². The first-order valence-corrected chi connectivity index (χ1v) is 9.37. The van der Waals surface area contributed by atoms with Crippen LogP contribution in [0.4, 0.5) is 0 Å². The smallest absolute Gasteiger partial charge is 0.327 e. The zero-order valence-electron chi connectivity index (χ0n) is 13.2. The lowest BCUT2D eigenvalue weighted by atomic mass is 10.3. The van der Waals surface area contributed by atoms with Crippen LogP contribution >= 0.6 is 21.6 Å². The molecule has 0 aromatic carbocycles. The molecular formula is C12H22N4O6S2. The quantitative estimate of drug-likeness (QED) is 0.176. The highest BCUT2D eigenvalue weighted by Crippen LogP contribution is 2.23. The highest BCUT2D eigenvalue weighted by atomic mass is 33.1. The van der Waals surface area contributed by atoms with Crippen molar-refractivity contribution < 1.29 is 29.4 Å². The minimum atomic E-state index is -1.22. The second-order valence-corrected chi connectivity index (χ2v) is 7.50. The maximum atomic E-state index is 11.4. The number of nitrogens with two attached hydrogens (primary N) is 2. The van der Waals surface area contributed by atoms with E-state index < -0.39 is 47.9 Å². The summed E-state index contributed by atoms with van der Waals surface area (Å²) in [5.41, 5.74) is 10.7. The van der Waals surface area contributed by atoms with Crippen molar-refractivity contribution in [3.63, 3.8) is 0 Å².